The molecule has 0 radical (unpaired) electrons. The van der Waals surface area contributed by atoms with Gasteiger partial charge in [-0.2, -0.15) is 8.42 Å². The molecule has 0 spiro atoms. The minimum atomic E-state index is -4.23. The molecule has 1 N–H and O–H groups in total. The molecule has 0 aromatic heterocycles. The van der Waals surface area contributed by atoms with E-state index in [2.05, 4.69) is 5.32 Å². The van der Waals surface area contributed by atoms with E-state index < -0.39 is 21.5 Å². The van der Waals surface area contributed by atoms with E-state index >= 15 is 0 Å². The van der Waals surface area contributed by atoms with Crippen LogP contribution in [-0.2, 0) is 21.4 Å². The van der Waals surface area contributed by atoms with E-state index in [-0.39, 0.29) is 29.3 Å². The molecule has 2 aromatic carbocycles. The van der Waals surface area contributed by atoms with Gasteiger partial charge in [-0.05, 0) is 76.1 Å². The van der Waals surface area contributed by atoms with Gasteiger partial charge in [0.1, 0.15) is 16.5 Å². The lowest BCUT2D eigenvalue weighted by molar-refractivity contribution is 0.0780. The summed E-state index contributed by atoms with van der Waals surface area (Å²) in [6.45, 7) is 6.64. The largest absolute Gasteiger partial charge is 0.379 e. The summed E-state index contributed by atoms with van der Waals surface area (Å²) in [5, 5.41) is 3.30. The maximum absolute atomic E-state index is 13.2. The number of hydrogen-bond donors (Lipinski definition) is 1. The molecule has 0 aliphatic carbocycles. The monoisotopic (exact) mass is 498 g/mol. The molecule has 0 unspecified atom stereocenters. The normalized spacial score (nSPS) is 16.5. The number of benzene rings is 2. The maximum atomic E-state index is 13.2. The lowest BCUT2D eigenvalue weighted by Gasteiger charge is -2.30. The zero-order chi connectivity index (χ0) is 24.2. The minimum absolute atomic E-state index is 0.0321. The summed E-state index contributed by atoms with van der Waals surface area (Å²) in [4.78, 5) is 14.4. The van der Waals surface area contributed by atoms with Crippen molar-refractivity contribution in [2.75, 3.05) is 13.2 Å². The van der Waals surface area contributed by atoms with Crippen molar-refractivity contribution in [1.82, 2.24) is 10.2 Å². The fraction of sp³-hybridized carbons (Fsp3) is 0.435. The van der Waals surface area contributed by atoms with E-state index in [1.807, 2.05) is 20.8 Å². The Balaban J connectivity index is 1.88. The SMILES string of the molecule is CC(C)(C)NC(=O)N(Cc1cc(Cl)ccc1OS(=O)(=O)c1ccc(F)cc1)C[C@@H]1CCCO1. The van der Waals surface area contributed by atoms with Gasteiger partial charge in [-0.1, -0.05) is 11.6 Å². The Morgan fingerprint density at radius 2 is 1.94 bits per heavy atom. The van der Waals surface area contributed by atoms with Crippen LogP contribution in [0.25, 0.3) is 0 Å². The smallest absolute Gasteiger partial charge is 0.339 e. The van der Waals surface area contributed by atoms with Gasteiger partial charge in [0.05, 0.1) is 12.6 Å². The van der Waals surface area contributed by atoms with E-state index in [0.717, 1.165) is 37.1 Å². The molecule has 1 heterocycles. The van der Waals surface area contributed by atoms with Gasteiger partial charge in [-0.25, -0.2) is 9.18 Å². The first kappa shape index (κ1) is 25.3. The van der Waals surface area contributed by atoms with Crippen molar-refractivity contribution >= 4 is 27.8 Å². The molecule has 10 heteroatoms. The van der Waals surface area contributed by atoms with Crippen LogP contribution < -0.4 is 9.50 Å². The van der Waals surface area contributed by atoms with Gasteiger partial charge < -0.3 is 19.1 Å². The van der Waals surface area contributed by atoms with E-state index in [9.17, 15) is 17.6 Å². The lowest BCUT2D eigenvalue weighted by atomic mass is 10.1. The Morgan fingerprint density at radius 3 is 2.55 bits per heavy atom. The Labute approximate surface area is 198 Å². The predicted molar refractivity (Wildman–Crippen MR) is 123 cm³/mol. The molecule has 7 nitrogen and oxygen atoms in total. The zero-order valence-electron chi connectivity index (χ0n) is 18.8. The number of urea groups is 1. The topological polar surface area (TPSA) is 84.9 Å². The second-order valence-electron chi connectivity index (χ2n) is 8.94. The van der Waals surface area contributed by atoms with Crippen LogP contribution in [0.1, 0.15) is 39.2 Å². The van der Waals surface area contributed by atoms with Crippen LogP contribution in [0.5, 0.6) is 5.75 Å². The molecule has 3 rings (SSSR count). The van der Waals surface area contributed by atoms with Crippen LogP contribution in [-0.4, -0.2) is 44.1 Å². The summed E-state index contributed by atoms with van der Waals surface area (Å²) in [5.74, 6) is -0.527. The summed E-state index contributed by atoms with van der Waals surface area (Å²) < 4.78 is 49.8. The average Bonchev–Trinajstić information content (AvgIpc) is 3.21. The van der Waals surface area contributed by atoms with E-state index in [1.165, 1.54) is 12.1 Å². The first-order valence-electron chi connectivity index (χ1n) is 10.6. The average molecular weight is 499 g/mol. The van der Waals surface area contributed by atoms with Gasteiger partial charge in [-0.3, -0.25) is 0 Å². The number of carbonyl (C=O) groups excluding carboxylic acids is 1. The van der Waals surface area contributed by atoms with Gasteiger partial charge in [0.2, 0.25) is 0 Å². The molecule has 33 heavy (non-hydrogen) atoms. The van der Waals surface area contributed by atoms with Crippen molar-refractivity contribution in [3.63, 3.8) is 0 Å². The standard InChI is InChI=1S/C23H28ClFN2O5S/c1-23(2,3)26-22(28)27(15-19-5-4-12-31-19)14-16-13-17(24)6-11-21(16)32-33(29,30)20-9-7-18(25)8-10-20/h6-11,13,19H,4-5,12,14-15H2,1-3H3,(H,26,28)/t19-/m0/s1. The van der Waals surface area contributed by atoms with Crippen LogP contribution in [0.2, 0.25) is 5.02 Å². The quantitative estimate of drug-likeness (QED) is 0.557. The minimum Gasteiger partial charge on any atom is -0.379 e. The summed E-state index contributed by atoms with van der Waals surface area (Å²) in [6.07, 6.45) is 1.64. The number of halogens is 2. The third-order valence-corrected chi connectivity index (χ3v) is 6.39. The van der Waals surface area contributed by atoms with Crippen LogP contribution in [0, 0.1) is 5.82 Å². The predicted octanol–water partition coefficient (Wildman–Crippen LogP) is 4.74. The van der Waals surface area contributed by atoms with Gasteiger partial charge in [-0.15, -0.1) is 0 Å². The molecule has 1 atom stereocenters. The molecule has 1 saturated heterocycles. The molecular weight excluding hydrogens is 471 g/mol. The van der Waals surface area contributed by atoms with Crippen LogP contribution in [0.4, 0.5) is 9.18 Å². The Morgan fingerprint density at radius 1 is 1.24 bits per heavy atom. The summed E-state index contributed by atoms with van der Waals surface area (Å²) in [5.41, 5.74) is -0.0546. The molecule has 1 aliphatic heterocycles. The van der Waals surface area contributed by atoms with Crippen molar-refractivity contribution < 1.29 is 26.5 Å². The molecule has 1 aliphatic rings. The van der Waals surface area contributed by atoms with Gasteiger partial charge in [0, 0.05) is 29.3 Å². The van der Waals surface area contributed by atoms with Crippen molar-refractivity contribution in [3.8, 4) is 5.75 Å². The zero-order valence-corrected chi connectivity index (χ0v) is 20.4. The number of amides is 2. The third-order valence-electron chi connectivity index (χ3n) is 4.90. The molecule has 2 amide bonds. The fourth-order valence-corrected chi connectivity index (χ4v) is 4.54. The van der Waals surface area contributed by atoms with Gasteiger partial charge in [0.25, 0.3) is 0 Å². The number of ether oxygens (including phenoxy) is 1. The van der Waals surface area contributed by atoms with Crippen LogP contribution in [0.3, 0.4) is 0 Å². The van der Waals surface area contributed by atoms with Gasteiger partial charge >= 0.3 is 16.1 Å². The second-order valence-corrected chi connectivity index (χ2v) is 10.9. The number of rotatable bonds is 7. The Hall–Kier alpha value is -2.36. The van der Waals surface area contributed by atoms with Crippen molar-refractivity contribution in [3.05, 3.63) is 58.9 Å². The highest BCUT2D eigenvalue weighted by molar-refractivity contribution is 7.87. The molecule has 180 valence electrons. The molecule has 0 saturated carbocycles. The molecule has 0 bridgehead atoms. The Kier molecular flexibility index (Phi) is 7.87. The van der Waals surface area contributed by atoms with Crippen molar-refractivity contribution in [2.45, 2.75) is 56.7 Å². The van der Waals surface area contributed by atoms with Crippen LogP contribution >= 0.6 is 11.6 Å². The van der Waals surface area contributed by atoms with E-state index in [0.29, 0.717) is 23.7 Å². The number of hydrogen-bond acceptors (Lipinski definition) is 5. The lowest BCUT2D eigenvalue weighted by Crippen LogP contribution is -2.50. The van der Waals surface area contributed by atoms with Crippen molar-refractivity contribution in [1.29, 1.82) is 0 Å². The summed E-state index contributed by atoms with van der Waals surface area (Å²) >= 11 is 6.17. The highest BCUT2D eigenvalue weighted by Gasteiger charge is 2.27. The summed E-state index contributed by atoms with van der Waals surface area (Å²) in [6, 6.07) is 8.51. The fourth-order valence-electron chi connectivity index (χ4n) is 3.38. The first-order valence-corrected chi connectivity index (χ1v) is 12.4. The Bertz CT molecular complexity index is 1080. The highest BCUT2D eigenvalue weighted by atomic mass is 35.5. The van der Waals surface area contributed by atoms with Crippen molar-refractivity contribution in [2.24, 2.45) is 0 Å². The van der Waals surface area contributed by atoms with Crippen LogP contribution in [0.15, 0.2) is 47.4 Å². The number of nitrogens with one attached hydrogen (secondary N) is 1. The first-order chi connectivity index (χ1) is 15.4. The van der Waals surface area contributed by atoms with E-state index in [4.69, 9.17) is 20.5 Å². The highest BCUT2D eigenvalue weighted by Crippen LogP contribution is 2.28. The summed E-state index contributed by atoms with van der Waals surface area (Å²) in [7, 11) is -4.23. The second kappa shape index (κ2) is 10.3. The number of nitrogens with zero attached hydrogens (tertiary/aromatic N) is 1. The van der Waals surface area contributed by atoms with E-state index in [1.54, 1.807) is 11.0 Å². The molecule has 2 aromatic rings. The molecular formula is C23H28ClFN2O5S. The number of carbonyl (C=O) groups is 1. The maximum Gasteiger partial charge on any atom is 0.339 e. The molecule has 1 fully saturated rings. The van der Waals surface area contributed by atoms with Gasteiger partial charge in [0.15, 0.2) is 0 Å². The third kappa shape index (κ3) is 7.31.